The quantitative estimate of drug-likeness (QED) is 0.783. The van der Waals surface area contributed by atoms with E-state index in [4.69, 9.17) is 4.98 Å². The zero-order valence-corrected chi connectivity index (χ0v) is 12.0. The summed E-state index contributed by atoms with van der Waals surface area (Å²) >= 11 is 0. The Balaban J connectivity index is 1.73. The molecule has 1 aromatic carbocycles. The minimum atomic E-state index is 0.235. The predicted molar refractivity (Wildman–Crippen MR) is 82.2 cm³/mol. The number of nitrogens with zero attached hydrogens (tertiary/aromatic N) is 4. The highest BCUT2D eigenvalue weighted by molar-refractivity contribution is 5.75. The fraction of sp³-hybridized carbons (Fsp3) is 0.312. The molecular weight excluding hydrogens is 262 g/mol. The second kappa shape index (κ2) is 4.84. The van der Waals surface area contributed by atoms with Gasteiger partial charge in [0.1, 0.15) is 5.82 Å². The Hall–Kier alpha value is -2.43. The number of imidazole rings is 1. The van der Waals surface area contributed by atoms with E-state index >= 15 is 0 Å². The molecular formula is C16H17N5. The molecule has 1 fully saturated rings. The van der Waals surface area contributed by atoms with Crippen LogP contribution >= 0.6 is 0 Å². The second-order valence-corrected chi connectivity index (χ2v) is 5.49. The summed E-state index contributed by atoms with van der Waals surface area (Å²) in [5.41, 5.74) is 3.10. The van der Waals surface area contributed by atoms with E-state index in [-0.39, 0.29) is 6.04 Å². The summed E-state index contributed by atoms with van der Waals surface area (Å²) in [5, 5.41) is 0. The van der Waals surface area contributed by atoms with Gasteiger partial charge in [-0.05, 0) is 38.0 Å². The van der Waals surface area contributed by atoms with Crippen molar-refractivity contribution in [3.8, 4) is 0 Å². The van der Waals surface area contributed by atoms with E-state index in [1.807, 2.05) is 37.4 Å². The summed E-state index contributed by atoms with van der Waals surface area (Å²) in [6.45, 7) is 2.97. The van der Waals surface area contributed by atoms with Crippen LogP contribution in [0.4, 0.5) is 5.95 Å². The molecule has 106 valence electrons. The number of hydrogen-bond acceptors (Lipinski definition) is 4. The lowest BCUT2D eigenvalue weighted by atomic mass is 10.2. The summed E-state index contributed by atoms with van der Waals surface area (Å²) < 4.78 is 0. The van der Waals surface area contributed by atoms with Gasteiger partial charge in [0.05, 0.1) is 17.1 Å². The molecule has 4 rings (SSSR count). The van der Waals surface area contributed by atoms with Gasteiger partial charge in [-0.2, -0.15) is 0 Å². The van der Waals surface area contributed by atoms with E-state index < -0.39 is 0 Å². The van der Waals surface area contributed by atoms with Gasteiger partial charge >= 0.3 is 0 Å². The van der Waals surface area contributed by atoms with Gasteiger partial charge in [-0.3, -0.25) is 0 Å². The van der Waals surface area contributed by atoms with Crippen molar-refractivity contribution < 1.29 is 0 Å². The third-order valence-corrected chi connectivity index (χ3v) is 4.02. The maximum Gasteiger partial charge on any atom is 0.226 e. The number of aromatic amines is 1. The van der Waals surface area contributed by atoms with Gasteiger partial charge in [-0.25, -0.2) is 15.0 Å². The molecule has 1 N–H and O–H groups in total. The Labute approximate surface area is 123 Å². The lowest BCUT2D eigenvalue weighted by Crippen LogP contribution is -2.25. The van der Waals surface area contributed by atoms with Gasteiger partial charge in [-0.1, -0.05) is 12.1 Å². The van der Waals surface area contributed by atoms with Crippen molar-refractivity contribution in [3.63, 3.8) is 0 Å². The summed E-state index contributed by atoms with van der Waals surface area (Å²) in [6, 6.07) is 10.3. The Kier molecular flexibility index (Phi) is 2.84. The van der Waals surface area contributed by atoms with E-state index in [2.05, 4.69) is 25.9 Å². The number of benzene rings is 1. The topological polar surface area (TPSA) is 57.7 Å². The largest absolute Gasteiger partial charge is 0.340 e. The van der Waals surface area contributed by atoms with Crippen molar-refractivity contribution >= 4 is 17.0 Å². The van der Waals surface area contributed by atoms with Crippen molar-refractivity contribution in [3.05, 3.63) is 48.0 Å². The molecule has 1 aliphatic heterocycles. The van der Waals surface area contributed by atoms with Crippen LogP contribution in [0.2, 0.25) is 0 Å². The molecule has 3 aromatic rings. The van der Waals surface area contributed by atoms with Crippen molar-refractivity contribution in [2.75, 3.05) is 11.4 Å². The monoisotopic (exact) mass is 279 g/mol. The molecule has 2 aromatic heterocycles. The molecule has 5 nitrogen and oxygen atoms in total. The van der Waals surface area contributed by atoms with Crippen LogP contribution in [0.15, 0.2) is 36.5 Å². The van der Waals surface area contributed by atoms with E-state index in [1.54, 1.807) is 0 Å². The van der Waals surface area contributed by atoms with E-state index in [0.29, 0.717) is 0 Å². The van der Waals surface area contributed by atoms with Gasteiger partial charge in [0.2, 0.25) is 5.95 Å². The minimum absolute atomic E-state index is 0.235. The molecule has 0 amide bonds. The molecule has 5 heteroatoms. The number of fused-ring (bicyclic) bond motifs is 1. The van der Waals surface area contributed by atoms with Gasteiger partial charge < -0.3 is 9.88 Å². The highest BCUT2D eigenvalue weighted by Crippen LogP contribution is 2.33. The number of rotatable bonds is 2. The summed E-state index contributed by atoms with van der Waals surface area (Å²) in [5.74, 6) is 1.82. The van der Waals surface area contributed by atoms with E-state index in [0.717, 1.165) is 47.9 Å². The molecule has 0 aliphatic carbocycles. The van der Waals surface area contributed by atoms with E-state index in [1.165, 1.54) is 0 Å². The molecule has 1 aliphatic rings. The van der Waals surface area contributed by atoms with Crippen LogP contribution in [0, 0.1) is 6.92 Å². The van der Waals surface area contributed by atoms with Crippen molar-refractivity contribution in [2.24, 2.45) is 0 Å². The van der Waals surface area contributed by atoms with Crippen molar-refractivity contribution in [1.29, 1.82) is 0 Å². The second-order valence-electron chi connectivity index (χ2n) is 5.49. The van der Waals surface area contributed by atoms with Crippen molar-refractivity contribution in [2.45, 2.75) is 25.8 Å². The zero-order chi connectivity index (χ0) is 14.2. The van der Waals surface area contributed by atoms with E-state index in [9.17, 15) is 0 Å². The third kappa shape index (κ3) is 2.14. The molecule has 0 unspecified atom stereocenters. The Morgan fingerprint density at radius 3 is 2.95 bits per heavy atom. The first-order valence-corrected chi connectivity index (χ1v) is 7.32. The predicted octanol–water partition coefficient (Wildman–Crippen LogP) is 3.00. The number of H-pyrrole nitrogens is 1. The Morgan fingerprint density at radius 1 is 1.19 bits per heavy atom. The third-order valence-electron chi connectivity index (χ3n) is 4.02. The van der Waals surface area contributed by atoms with Crippen LogP contribution in [-0.2, 0) is 0 Å². The summed E-state index contributed by atoms with van der Waals surface area (Å²) in [4.78, 5) is 19.4. The molecule has 21 heavy (non-hydrogen) atoms. The fourth-order valence-corrected chi connectivity index (χ4v) is 2.99. The first kappa shape index (κ1) is 12.3. The van der Waals surface area contributed by atoms with Crippen LogP contribution in [0.1, 0.15) is 30.4 Å². The Bertz CT molecular complexity index is 746. The number of nitrogens with one attached hydrogen (secondary N) is 1. The number of hydrogen-bond donors (Lipinski definition) is 1. The number of aryl methyl sites for hydroxylation is 1. The maximum absolute atomic E-state index is 4.74. The average Bonchev–Trinajstić information content (AvgIpc) is 3.13. The number of para-hydroxylation sites is 2. The Morgan fingerprint density at radius 2 is 2.10 bits per heavy atom. The van der Waals surface area contributed by atoms with Crippen LogP contribution in [0.5, 0.6) is 0 Å². The van der Waals surface area contributed by atoms with Gasteiger partial charge in [-0.15, -0.1) is 0 Å². The highest BCUT2D eigenvalue weighted by atomic mass is 15.3. The molecule has 1 saturated heterocycles. The number of aromatic nitrogens is 4. The molecule has 0 radical (unpaired) electrons. The molecule has 0 saturated carbocycles. The van der Waals surface area contributed by atoms with Crippen LogP contribution < -0.4 is 4.90 Å². The van der Waals surface area contributed by atoms with Crippen LogP contribution in [0.25, 0.3) is 11.0 Å². The first-order chi connectivity index (χ1) is 10.3. The molecule has 0 spiro atoms. The van der Waals surface area contributed by atoms with Crippen LogP contribution in [-0.4, -0.2) is 26.5 Å². The molecule has 3 heterocycles. The smallest absolute Gasteiger partial charge is 0.226 e. The first-order valence-electron chi connectivity index (χ1n) is 7.32. The lowest BCUT2D eigenvalue weighted by molar-refractivity contribution is 0.664. The van der Waals surface area contributed by atoms with Gasteiger partial charge in [0.15, 0.2) is 0 Å². The average molecular weight is 279 g/mol. The zero-order valence-electron chi connectivity index (χ0n) is 12.0. The normalized spacial score (nSPS) is 18.5. The molecule has 0 bridgehead atoms. The minimum Gasteiger partial charge on any atom is -0.340 e. The fourth-order valence-electron chi connectivity index (χ4n) is 2.99. The summed E-state index contributed by atoms with van der Waals surface area (Å²) in [7, 11) is 0. The lowest BCUT2D eigenvalue weighted by Gasteiger charge is -2.23. The SMILES string of the molecule is Cc1ccnc(N2CCC[C@H]2c2nc3ccccc3[nH]2)n1. The molecule has 1 atom stereocenters. The number of anilines is 1. The summed E-state index contributed by atoms with van der Waals surface area (Å²) in [6.07, 6.45) is 4.04. The standard InChI is InChI=1S/C16H17N5/c1-11-8-9-17-16(18-11)21-10-4-7-14(21)15-19-12-5-2-3-6-13(12)20-15/h2-3,5-6,8-9,14H,4,7,10H2,1H3,(H,19,20)/t14-/m0/s1. The van der Waals surface area contributed by atoms with Crippen LogP contribution in [0.3, 0.4) is 0 Å². The van der Waals surface area contributed by atoms with Crippen molar-refractivity contribution in [1.82, 2.24) is 19.9 Å². The van der Waals surface area contributed by atoms with Gasteiger partial charge in [0, 0.05) is 18.4 Å². The van der Waals surface area contributed by atoms with Gasteiger partial charge in [0.25, 0.3) is 0 Å². The maximum atomic E-state index is 4.74. The highest BCUT2D eigenvalue weighted by Gasteiger charge is 2.30.